The number of para-hydroxylation sites is 1. The van der Waals surface area contributed by atoms with Gasteiger partial charge in [0.25, 0.3) is 0 Å². The first kappa shape index (κ1) is 34.4. The van der Waals surface area contributed by atoms with Crippen LogP contribution in [0.4, 0.5) is 10.5 Å². The highest BCUT2D eigenvalue weighted by Gasteiger charge is 2.33. The Bertz CT molecular complexity index is 1770. The van der Waals surface area contributed by atoms with Crippen LogP contribution in [0.2, 0.25) is 0 Å². The van der Waals surface area contributed by atoms with Crippen molar-refractivity contribution in [2.75, 3.05) is 32.1 Å². The van der Waals surface area contributed by atoms with Gasteiger partial charge in [0.2, 0.25) is 5.91 Å². The van der Waals surface area contributed by atoms with E-state index in [1.165, 1.54) is 7.11 Å². The maximum Gasteiger partial charge on any atom is 0.407 e. The summed E-state index contributed by atoms with van der Waals surface area (Å²) in [4.78, 5) is 30.8. The van der Waals surface area contributed by atoms with Gasteiger partial charge in [0.05, 0.1) is 13.2 Å². The van der Waals surface area contributed by atoms with E-state index in [0.29, 0.717) is 25.3 Å². The predicted octanol–water partition coefficient (Wildman–Crippen LogP) is 6.61. The van der Waals surface area contributed by atoms with Gasteiger partial charge >= 0.3 is 6.09 Å². The van der Waals surface area contributed by atoms with E-state index in [1.54, 1.807) is 12.4 Å². The molecule has 5 aromatic rings. The molecule has 1 fully saturated rings. The molecule has 3 N–H and O–H groups in total. The smallest absolute Gasteiger partial charge is 0.407 e. The molecular weight excluding hydrogens is 628 g/mol. The first-order valence-corrected chi connectivity index (χ1v) is 16.9. The molecule has 50 heavy (non-hydrogen) atoms. The van der Waals surface area contributed by atoms with Gasteiger partial charge in [-0.05, 0) is 71.0 Å². The second kappa shape index (κ2) is 17.2. The number of nitrogens with zero attached hydrogens (tertiary/aromatic N) is 1. The molecule has 1 aliphatic heterocycles. The Balaban J connectivity index is 1.09. The average Bonchev–Trinajstić information content (AvgIpc) is 3.18. The second-order valence-electron chi connectivity index (χ2n) is 12.2. The van der Waals surface area contributed by atoms with Gasteiger partial charge in [-0.15, -0.1) is 0 Å². The first-order valence-electron chi connectivity index (χ1n) is 16.9. The first-order chi connectivity index (χ1) is 24.6. The second-order valence-corrected chi connectivity index (χ2v) is 12.2. The molecule has 256 valence electrons. The van der Waals surface area contributed by atoms with Crippen molar-refractivity contribution < 1.29 is 23.8 Å². The molecule has 9 nitrogen and oxygen atoms in total. The zero-order valence-electron chi connectivity index (χ0n) is 28.0. The van der Waals surface area contributed by atoms with E-state index in [2.05, 4.69) is 20.9 Å². The highest BCUT2D eigenvalue weighted by Crippen LogP contribution is 2.30. The zero-order chi connectivity index (χ0) is 34.5. The molecule has 0 radical (unpaired) electrons. The van der Waals surface area contributed by atoms with Gasteiger partial charge in [-0.3, -0.25) is 9.78 Å². The molecular formula is C41H42N4O5. The lowest BCUT2D eigenvalue weighted by molar-refractivity contribution is -0.118. The normalized spacial score (nSPS) is 16.3. The largest absolute Gasteiger partial charge is 0.491 e. The summed E-state index contributed by atoms with van der Waals surface area (Å²) in [6.07, 6.45) is 4.20. The summed E-state index contributed by atoms with van der Waals surface area (Å²) in [5.41, 5.74) is 5.67. The molecule has 2 amide bonds. The molecule has 0 aliphatic carbocycles. The molecule has 4 aromatic carbocycles. The number of alkyl carbamates (subject to hydrolysis) is 1. The number of benzene rings is 4. The summed E-state index contributed by atoms with van der Waals surface area (Å²) in [5, 5.41) is 9.42. The minimum atomic E-state index is -0.946. The maximum absolute atomic E-state index is 14.1. The molecule has 6 rings (SSSR count). The van der Waals surface area contributed by atoms with Crippen LogP contribution in [-0.2, 0) is 20.7 Å². The van der Waals surface area contributed by atoms with E-state index in [4.69, 9.17) is 14.2 Å². The van der Waals surface area contributed by atoms with Crippen LogP contribution in [0.5, 0.6) is 5.75 Å². The number of methoxy groups -OCH3 is 1. The van der Waals surface area contributed by atoms with Crippen LogP contribution >= 0.6 is 0 Å². The Morgan fingerprint density at radius 3 is 2.10 bits per heavy atom. The van der Waals surface area contributed by atoms with Gasteiger partial charge in [0.15, 0.2) is 0 Å². The quantitative estimate of drug-likeness (QED) is 0.129. The Morgan fingerprint density at radius 1 is 0.800 bits per heavy atom. The summed E-state index contributed by atoms with van der Waals surface area (Å²) in [7, 11) is 1.29. The van der Waals surface area contributed by atoms with Crippen molar-refractivity contribution in [1.29, 1.82) is 0 Å². The van der Waals surface area contributed by atoms with Gasteiger partial charge in [-0.25, -0.2) is 4.79 Å². The van der Waals surface area contributed by atoms with Gasteiger partial charge in [-0.2, -0.15) is 0 Å². The molecule has 1 aromatic heterocycles. The van der Waals surface area contributed by atoms with Crippen molar-refractivity contribution in [2.24, 2.45) is 0 Å². The minimum Gasteiger partial charge on any atom is -0.491 e. The third-order valence-corrected chi connectivity index (χ3v) is 8.84. The Kier molecular flexibility index (Phi) is 11.8. The number of amides is 2. The molecule has 1 aliphatic rings. The van der Waals surface area contributed by atoms with Gasteiger partial charge in [0, 0.05) is 37.1 Å². The highest BCUT2D eigenvalue weighted by atomic mass is 16.5. The van der Waals surface area contributed by atoms with Crippen molar-refractivity contribution in [3.8, 4) is 16.9 Å². The Morgan fingerprint density at radius 2 is 1.42 bits per heavy atom. The Hall–Kier alpha value is -5.51. The van der Waals surface area contributed by atoms with Crippen molar-refractivity contribution in [3.63, 3.8) is 0 Å². The third-order valence-electron chi connectivity index (χ3n) is 8.84. The number of aromatic nitrogens is 1. The topological polar surface area (TPSA) is 111 Å². The average molecular weight is 671 g/mol. The number of nitrogens with one attached hydrogen (secondary N) is 3. The lowest BCUT2D eigenvalue weighted by Gasteiger charge is -2.31. The molecule has 3 atom stereocenters. The van der Waals surface area contributed by atoms with Crippen LogP contribution in [0.3, 0.4) is 0 Å². The van der Waals surface area contributed by atoms with E-state index in [9.17, 15) is 9.59 Å². The number of carbonyl (C=O) groups is 2. The molecule has 0 bridgehead atoms. The van der Waals surface area contributed by atoms with Crippen molar-refractivity contribution in [1.82, 2.24) is 15.6 Å². The van der Waals surface area contributed by atoms with E-state index < -0.39 is 18.1 Å². The Labute approximate surface area is 293 Å². The van der Waals surface area contributed by atoms with Crippen molar-refractivity contribution >= 4 is 17.7 Å². The number of rotatable bonds is 13. The van der Waals surface area contributed by atoms with Crippen LogP contribution in [0.25, 0.3) is 11.1 Å². The SMILES string of the molecule is COC(=O)N[C@H](C(=O)Nc1ccccc1CC[C@@H]1CNC[C@@H](COc2ccc(-c3ccncc3)cc2)O1)C(c1ccccc1)c1ccccc1. The van der Waals surface area contributed by atoms with E-state index in [0.717, 1.165) is 46.5 Å². The van der Waals surface area contributed by atoms with Crippen molar-refractivity contribution in [2.45, 2.75) is 37.0 Å². The number of anilines is 1. The summed E-state index contributed by atoms with van der Waals surface area (Å²) in [6.45, 7) is 1.87. The van der Waals surface area contributed by atoms with E-state index in [-0.39, 0.29) is 18.1 Å². The number of carbonyl (C=O) groups excluding carboxylic acids is 2. The summed E-state index contributed by atoms with van der Waals surface area (Å²) >= 11 is 0. The zero-order valence-corrected chi connectivity index (χ0v) is 28.0. The standard InChI is InChI=1S/C41H42N4O5/c1-48-41(47)45-39(38(32-11-4-2-5-12-32)33-13-6-3-7-14-33)40(46)44-37-15-9-8-10-31(37)18-21-35-26-43-27-36(50-35)28-49-34-19-16-29(17-20-34)30-22-24-42-25-23-30/h2-17,19-20,22-25,35-36,38-39,43H,18,21,26-28H2,1H3,(H,44,46)(H,45,47)/t35-,36+,39+/m1/s1. The molecule has 0 saturated carbocycles. The summed E-state index contributed by atoms with van der Waals surface area (Å²) in [5.74, 6) is -0.00833. The van der Waals surface area contributed by atoms with Crippen molar-refractivity contribution in [3.05, 3.63) is 150 Å². The van der Waals surface area contributed by atoms with E-state index >= 15 is 0 Å². The lowest BCUT2D eigenvalue weighted by atomic mass is 9.84. The molecule has 2 heterocycles. The van der Waals surface area contributed by atoms with Crippen LogP contribution in [0.1, 0.15) is 29.0 Å². The van der Waals surface area contributed by atoms with Gasteiger partial charge < -0.3 is 30.2 Å². The fraction of sp³-hybridized carbons (Fsp3) is 0.244. The van der Waals surface area contributed by atoms with Crippen LogP contribution in [0.15, 0.2) is 134 Å². The highest BCUT2D eigenvalue weighted by molar-refractivity contribution is 5.98. The number of hydrogen-bond acceptors (Lipinski definition) is 7. The molecule has 9 heteroatoms. The van der Waals surface area contributed by atoms with Gasteiger partial charge in [0.1, 0.15) is 24.5 Å². The third kappa shape index (κ3) is 9.13. The van der Waals surface area contributed by atoms with E-state index in [1.807, 2.05) is 121 Å². The summed E-state index contributed by atoms with van der Waals surface area (Å²) in [6, 6.07) is 38.2. The number of ether oxygens (including phenoxy) is 3. The number of aryl methyl sites for hydroxylation is 1. The number of morpholine rings is 1. The number of hydrogen-bond donors (Lipinski definition) is 3. The number of pyridine rings is 1. The fourth-order valence-corrected chi connectivity index (χ4v) is 6.29. The van der Waals surface area contributed by atoms with Crippen LogP contribution in [-0.4, -0.2) is 62.0 Å². The molecule has 0 spiro atoms. The fourth-order valence-electron chi connectivity index (χ4n) is 6.29. The van der Waals surface area contributed by atoms with Crippen LogP contribution in [0, 0.1) is 0 Å². The molecule has 1 saturated heterocycles. The summed E-state index contributed by atoms with van der Waals surface area (Å²) < 4.78 is 17.5. The minimum absolute atomic E-state index is 0.0237. The maximum atomic E-state index is 14.1. The predicted molar refractivity (Wildman–Crippen MR) is 194 cm³/mol. The van der Waals surface area contributed by atoms with Gasteiger partial charge in [-0.1, -0.05) is 91.0 Å². The lowest BCUT2D eigenvalue weighted by Crippen LogP contribution is -2.48. The van der Waals surface area contributed by atoms with Crippen LogP contribution < -0.4 is 20.7 Å². The monoisotopic (exact) mass is 670 g/mol. The molecule has 0 unspecified atom stereocenters.